The average Bonchev–Trinajstić information content (AvgIpc) is 3.25. The predicted molar refractivity (Wildman–Crippen MR) is 127 cm³/mol. The minimum atomic E-state index is -0.480. The highest BCUT2D eigenvalue weighted by atomic mass is 32.1. The van der Waals surface area contributed by atoms with Crippen molar-refractivity contribution in [2.75, 3.05) is 11.5 Å². The smallest absolute Gasteiger partial charge is 0.344 e. The van der Waals surface area contributed by atoms with Crippen LogP contribution in [0.3, 0.4) is 0 Å². The van der Waals surface area contributed by atoms with Crippen LogP contribution in [0, 0.1) is 0 Å². The largest absolute Gasteiger partial charge is 0.482 e. The van der Waals surface area contributed by atoms with E-state index >= 15 is 0 Å². The Kier molecular flexibility index (Phi) is 8.00. The second-order valence-corrected chi connectivity index (χ2v) is 8.51. The maximum atomic E-state index is 12.2. The normalized spacial score (nSPS) is 10.8. The Morgan fingerprint density at radius 3 is 2.34 bits per heavy atom. The second-order valence-electron chi connectivity index (χ2n) is 7.67. The molecule has 0 fully saturated rings. The third kappa shape index (κ3) is 6.17. The molecule has 0 aliphatic heterocycles. The third-order valence-electron chi connectivity index (χ3n) is 4.93. The van der Waals surface area contributed by atoms with Gasteiger partial charge in [0.2, 0.25) is 5.91 Å². The van der Waals surface area contributed by atoms with E-state index in [-0.39, 0.29) is 19.1 Å². The van der Waals surface area contributed by atoms with Crippen LogP contribution in [-0.4, -0.2) is 23.5 Å². The number of rotatable bonds is 9. The Labute approximate surface area is 192 Å². The van der Waals surface area contributed by atoms with E-state index in [2.05, 4.69) is 25.8 Å². The monoisotopic (exact) mass is 452 g/mol. The number of carbonyl (C=O) groups is 2. The highest BCUT2D eigenvalue weighted by molar-refractivity contribution is 7.14. The molecule has 3 aromatic rings. The van der Waals surface area contributed by atoms with Crippen molar-refractivity contribution >= 4 is 34.0 Å². The van der Waals surface area contributed by atoms with Gasteiger partial charge in [0.1, 0.15) is 12.4 Å². The van der Waals surface area contributed by atoms with E-state index in [1.165, 1.54) is 29.4 Å². The summed E-state index contributed by atoms with van der Waals surface area (Å²) in [4.78, 5) is 30.3. The fraction of sp³-hybridized carbons (Fsp3) is 0.320. The Hall–Kier alpha value is -3.19. The number of amides is 1. The number of esters is 1. The topological polar surface area (TPSA) is 68.7 Å². The lowest BCUT2D eigenvalue weighted by molar-refractivity contribution is -0.147. The Morgan fingerprint density at radius 2 is 1.75 bits per heavy atom. The SMILES string of the molecule is CCc1ccc(N(C(C)=O)c2nc(COC(=O)COc3ccc(C(C)C)cc3)cs2)cc1. The fourth-order valence-corrected chi connectivity index (χ4v) is 3.93. The minimum Gasteiger partial charge on any atom is -0.482 e. The molecule has 168 valence electrons. The van der Waals surface area contributed by atoms with Crippen LogP contribution in [0.2, 0.25) is 0 Å². The maximum absolute atomic E-state index is 12.2. The molecule has 6 nitrogen and oxygen atoms in total. The summed E-state index contributed by atoms with van der Waals surface area (Å²) in [6.07, 6.45) is 0.931. The summed E-state index contributed by atoms with van der Waals surface area (Å²) < 4.78 is 10.8. The molecule has 0 aliphatic rings. The molecular formula is C25H28N2O4S. The number of aryl methyl sites for hydroxylation is 1. The number of aromatic nitrogens is 1. The van der Waals surface area contributed by atoms with Gasteiger partial charge in [0.15, 0.2) is 11.7 Å². The summed E-state index contributed by atoms with van der Waals surface area (Å²) in [7, 11) is 0. The van der Waals surface area contributed by atoms with Crippen LogP contribution in [0.4, 0.5) is 10.8 Å². The van der Waals surface area contributed by atoms with Crippen LogP contribution in [0.5, 0.6) is 5.75 Å². The van der Waals surface area contributed by atoms with Crippen molar-refractivity contribution in [1.82, 2.24) is 4.98 Å². The van der Waals surface area contributed by atoms with Crippen LogP contribution in [0.25, 0.3) is 0 Å². The molecule has 3 rings (SSSR count). The van der Waals surface area contributed by atoms with Gasteiger partial charge in [-0.2, -0.15) is 0 Å². The van der Waals surface area contributed by atoms with Crippen molar-refractivity contribution < 1.29 is 19.1 Å². The molecule has 1 amide bonds. The van der Waals surface area contributed by atoms with Gasteiger partial charge in [-0.1, -0.05) is 45.0 Å². The summed E-state index contributed by atoms with van der Waals surface area (Å²) in [5.74, 6) is 0.440. The van der Waals surface area contributed by atoms with Crippen molar-refractivity contribution in [3.63, 3.8) is 0 Å². The van der Waals surface area contributed by atoms with Crippen molar-refractivity contribution in [3.05, 3.63) is 70.7 Å². The van der Waals surface area contributed by atoms with Gasteiger partial charge in [0.05, 0.1) is 11.4 Å². The van der Waals surface area contributed by atoms with Crippen LogP contribution >= 0.6 is 11.3 Å². The zero-order valence-electron chi connectivity index (χ0n) is 18.8. The maximum Gasteiger partial charge on any atom is 0.344 e. The quantitative estimate of drug-likeness (QED) is 0.393. The van der Waals surface area contributed by atoms with Gasteiger partial charge in [-0.15, -0.1) is 11.3 Å². The minimum absolute atomic E-state index is 0.0193. The first kappa shape index (κ1) is 23.5. The fourth-order valence-electron chi connectivity index (χ4n) is 3.06. The van der Waals surface area contributed by atoms with E-state index < -0.39 is 5.97 Å². The second kappa shape index (κ2) is 10.9. The molecule has 0 saturated heterocycles. The molecule has 0 atom stereocenters. The van der Waals surface area contributed by atoms with Crippen molar-refractivity contribution in [3.8, 4) is 5.75 Å². The first-order chi connectivity index (χ1) is 15.4. The first-order valence-electron chi connectivity index (χ1n) is 10.6. The summed E-state index contributed by atoms with van der Waals surface area (Å²) in [6, 6.07) is 15.5. The lowest BCUT2D eigenvalue weighted by atomic mass is 10.0. The van der Waals surface area contributed by atoms with Gasteiger partial charge < -0.3 is 9.47 Å². The lowest BCUT2D eigenvalue weighted by Gasteiger charge is -2.18. The molecule has 0 saturated carbocycles. The molecule has 32 heavy (non-hydrogen) atoms. The van der Waals surface area contributed by atoms with Crippen LogP contribution < -0.4 is 9.64 Å². The summed E-state index contributed by atoms with van der Waals surface area (Å²) in [6.45, 7) is 7.66. The highest BCUT2D eigenvalue weighted by Crippen LogP contribution is 2.29. The van der Waals surface area contributed by atoms with Gasteiger partial charge in [0, 0.05) is 12.3 Å². The number of ether oxygens (including phenoxy) is 2. The van der Waals surface area contributed by atoms with Gasteiger partial charge in [-0.25, -0.2) is 9.78 Å². The van der Waals surface area contributed by atoms with Gasteiger partial charge in [-0.05, 0) is 47.7 Å². The van der Waals surface area contributed by atoms with Crippen molar-refractivity contribution in [2.24, 2.45) is 0 Å². The van der Waals surface area contributed by atoms with Gasteiger partial charge in [0.25, 0.3) is 0 Å². The lowest BCUT2D eigenvalue weighted by Crippen LogP contribution is -2.22. The molecule has 0 unspecified atom stereocenters. The van der Waals surface area contributed by atoms with E-state index in [1.807, 2.05) is 48.5 Å². The molecule has 0 radical (unpaired) electrons. The van der Waals surface area contributed by atoms with Crippen LogP contribution in [0.1, 0.15) is 50.4 Å². The van der Waals surface area contributed by atoms with Crippen molar-refractivity contribution in [2.45, 2.75) is 46.6 Å². The highest BCUT2D eigenvalue weighted by Gasteiger charge is 2.18. The number of thiazole rings is 1. The Balaban J connectivity index is 1.55. The molecule has 1 aromatic heterocycles. The molecule has 1 heterocycles. The van der Waals surface area contributed by atoms with Gasteiger partial charge in [-0.3, -0.25) is 9.69 Å². The zero-order valence-corrected chi connectivity index (χ0v) is 19.6. The van der Waals surface area contributed by atoms with Crippen LogP contribution in [-0.2, 0) is 27.4 Å². The zero-order chi connectivity index (χ0) is 23.1. The van der Waals surface area contributed by atoms with Crippen LogP contribution in [0.15, 0.2) is 53.9 Å². The molecule has 0 aliphatic carbocycles. The van der Waals surface area contributed by atoms with E-state index in [9.17, 15) is 9.59 Å². The van der Waals surface area contributed by atoms with E-state index in [4.69, 9.17) is 9.47 Å². The summed E-state index contributed by atoms with van der Waals surface area (Å²) in [5, 5.41) is 2.32. The number of benzene rings is 2. The Bertz CT molecular complexity index is 1040. The van der Waals surface area contributed by atoms with Crippen molar-refractivity contribution in [1.29, 1.82) is 0 Å². The molecule has 0 spiro atoms. The molecule has 0 N–H and O–H groups in total. The average molecular weight is 453 g/mol. The summed E-state index contributed by atoms with van der Waals surface area (Å²) in [5.41, 5.74) is 3.74. The number of nitrogens with zero attached hydrogens (tertiary/aromatic N) is 2. The Morgan fingerprint density at radius 1 is 1.06 bits per heavy atom. The number of anilines is 2. The standard InChI is InChI=1S/C25H28N2O4S/c1-5-19-6-10-22(11-7-19)27(18(4)28)25-26-21(16-32-25)14-31-24(29)15-30-23-12-8-20(9-13-23)17(2)3/h6-13,16-17H,5,14-15H2,1-4H3. The van der Waals surface area contributed by atoms with E-state index in [0.717, 1.165) is 12.1 Å². The van der Waals surface area contributed by atoms with E-state index in [0.29, 0.717) is 22.5 Å². The number of hydrogen-bond donors (Lipinski definition) is 0. The molecule has 0 bridgehead atoms. The number of hydrogen-bond acceptors (Lipinski definition) is 6. The van der Waals surface area contributed by atoms with Gasteiger partial charge >= 0.3 is 5.97 Å². The third-order valence-corrected chi connectivity index (χ3v) is 5.81. The first-order valence-corrected chi connectivity index (χ1v) is 11.5. The number of carbonyl (C=O) groups excluding carboxylic acids is 2. The molecule has 2 aromatic carbocycles. The molecule has 7 heteroatoms. The summed E-state index contributed by atoms with van der Waals surface area (Å²) >= 11 is 1.33. The predicted octanol–water partition coefficient (Wildman–Crippen LogP) is 5.64. The van der Waals surface area contributed by atoms with E-state index in [1.54, 1.807) is 10.3 Å². The molecular weight excluding hydrogens is 424 g/mol.